The van der Waals surface area contributed by atoms with E-state index in [0.29, 0.717) is 35.1 Å². The molecule has 2 N–H and O–H groups in total. The first kappa shape index (κ1) is 24.9. The number of carboxylic acid groups (broad SMARTS) is 1. The van der Waals surface area contributed by atoms with Crippen LogP contribution in [0.2, 0.25) is 0 Å². The monoisotopic (exact) mass is 489 g/mol. The maximum Gasteiger partial charge on any atom is 0.312 e. The van der Waals surface area contributed by atoms with Crippen LogP contribution in [0.25, 0.3) is 0 Å². The predicted octanol–water partition coefficient (Wildman–Crippen LogP) is 5.14. The third kappa shape index (κ3) is 5.39. The highest BCUT2D eigenvalue weighted by atomic mass is 32.1. The summed E-state index contributed by atoms with van der Waals surface area (Å²) in [6.45, 7) is 3.61. The molecule has 0 saturated heterocycles. The SMILES string of the molecule is COc1cc([C@@H](O)[C@H](Cc2nc(C(C)C(=O)O)c(C3CC3)s2)OC2CCCC2)cc(OC)c1C. The Kier molecular flexibility index (Phi) is 7.80. The van der Waals surface area contributed by atoms with Crippen LogP contribution in [0.3, 0.4) is 0 Å². The van der Waals surface area contributed by atoms with Crippen LogP contribution in [-0.2, 0) is 16.0 Å². The predicted molar refractivity (Wildman–Crippen MR) is 130 cm³/mol. The molecule has 2 fully saturated rings. The zero-order valence-electron chi connectivity index (χ0n) is 20.4. The summed E-state index contributed by atoms with van der Waals surface area (Å²) >= 11 is 1.58. The molecule has 1 aromatic heterocycles. The highest BCUT2D eigenvalue weighted by molar-refractivity contribution is 7.11. The normalized spacial score (nSPS) is 19.1. The van der Waals surface area contributed by atoms with Crippen molar-refractivity contribution in [3.63, 3.8) is 0 Å². The Labute approximate surface area is 205 Å². The molecule has 4 rings (SSSR count). The molecule has 0 radical (unpaired) electrons. The number of aromatic nitrogens is 1. The van der Waals surface area contributed by atoms with Gasteiger partial charge < -0.3 is 24.4 Å². The lowest BCUT2D eigenvalue weighted by Gasteiger charge is -2.27. The number of ether oxygens (including phenoxy) is 3. The van der Waals surface area contributed by atoms with Crippen LogP contribution in [0.1, 0.15) is 90.1 Å². The van der Waals surface area contributed by atoms with Crippen molar-refractivity contribution in [3.8, 4) is 11.5 Å². The number of nitrogens with zero attached hydrogens (tertiary/aromatic N) is 1. The minimum absolute atomic E-state index is 0.106. The molecule has 0 bridgehead atoms. The Morgan fingerprint density at radius 1 is 1.15 bits per heavy atom. The number of hydrogen-bond donors (Lipinski definition) is 2. The van der Waals surface area contributed by atoms with E-state index in [4.69, 9.17) is 19.2 Å². The van der Waals surface area contributed by atoms with Crippen molar-refractivity contribution < 1.29 is 29.2 Å². The molecule has 2 saturated carbocycles. The summed E-state index contributed by atoms with van der Waals surface area (Å²) in [5, 5.41) is 21.9. The maximum atomic E-state index is 11.7. The Morgan fingerprint density at radius 3 is 2.29 bits per heavy atom. The van der Waals surface area contributed by atoms with Gasteiger partial charge in [0.15, 0.2) is 0 Å². The number of aliphatic hydroxyl groups is 1. The minimum atomic E-state index is -0.905. The quantitative estimate of drug-likeness (QED) is 0.451. The zero-order chi connectivity index (χ0) is 24.4. The smallest absolute Gasteiger partial charge is 0.312 e. The van der Waals surface area contributed by atoms with Crippen LogP contribution in [0.5, 0.6) is 11.5 Å². The van der Waals surface area contributed by atoms with Crippen LogP contribution in [0, 0.1) is 6.92 Å². The molecule has 0 spiro atoms. The van der Waals surface area contributed by atoms with Gasteiger partial charge in [-0.25, -0.2) is 4.98 Å². The summed E-state index contributed by atoms with van der Waals surface area (Å²) in [7, 11) is 3.20. The molecule has 34 heavy (non-hydrogen) atoms. The summed E-state index contributed by atoms with van der Waals surface area (Å²) in [6, 6.07) is 3.67. The number of methoxy groups -OCH3 is 2. The van der Waals surface area contributed by atoms with E-state index in [1.54, 1.807) is 32.5 Å². The van der Waals surface area contributed by atoms with Gasteiger partial charge in [0.05, 0.1) is 43.0 Å². The fraction of sp³-hybridized carbons (Fsp3) is 0.615. The summed E-state index contributed by atoms with van der Waals surface area (Å²) in [5.74, 6) is 0.196. The van der Waals surface area contributed by atoms with Crippen LogP contribution in [0.15, 0.2) is 12.1 Å². The highest BCUT2D eigenvalue weighted by Crippen LogP contribution is 2.46. The molecule has 2 aliphatic rings. The van der Waals surface area contributed by atoms with Gasteiger partial charge >= 0.3 is 5.97 Å². The van der Waals surface area contributed by atoms with E-state index in [0.717, 1.165) is 54.0 Å². The molecule has 1 unspecified atom stereocenters. The van der Waals surface area contributed by atoms with Crippen LogP contribution in [-0.4, -0.2) is 47.6 Å². The van der Waals surface area contributed by atoms with Crippen LogP contribution in [0.4, 0.5) is 0 Å². The van der Waals surface area contributed by atoms with Gasteiger partial charge in [-0.15, -0.1) is 11.3 Å². The second-order valence-electron chi connectivity index (χ2n) is 9.47. The standard InChI is InChI=1S/C26H35NO6S/c1-14-19(31-3)11-17(12-20(14)32-4)24(28)21(33-18-7-5-6-8-18)13-22-27-23(15(2)26(29)30)25(34-22)16-9-10-16/h11-12,15-16,18,21,24,28H,5-10,13H2,1-4H3,(H,29,30)/t15?,21-,24+/m0/s1. The summed E-state index contributed by atoms with van der Waals surface area (Å²) in [6.07, 6.45) is 5.49. The van der Waals surface area contributed by atoms with E-state index in [-0.39, 0.29) is 6.10 Å². The largest absolute Gasteiger partial charge is 0.496 e. The third-order valence-corrected chi connectivity index (χ3v) is 8.22. The average molecular weight is 490 g/mol. The number of aliphatic carboxylic acids is 1. The Bertz CT molecular complexity index is 986. The summed E-state index contributed by atoms with van der Waals surface area (Å²) in [4.78, 5) is 17.5. The summed E-state index contributed by atoms with van der Waals surface area (Å²) < 4.78 is 17.5. The second kappa shape index (κ2) is 10.6. The van der Waals surface area contributed by atoms with Gasteiger partial charge in [0.2, 0.25) is 0 Å². The number of carbonyl (C=O) groups is 1. The van der Waals surface area contributed by atoms with Gasteiger partial charge in [-0.1, -0.05) is 12.8 Å². The topological polar surface area (TPSA) is 98.1 Å². The zero-order valence-corrected chi connectivity index (χ0v) is 21.2. The molecular formula is C26H35NO6S. The Balaban J connectivity index is 1.64. The molecule has 8 heteroatoms. The molecular weight excluding hydrogens is 454 g/mol. The lowest BCUT2D eigenvalue weighted by Crippen LogP contribution is -2.29. The first-order valence-corrected chi connectivity index (χ1v) is 12.9. The highest BCUT2D eigenvalue weighted by Gasteiger charge is 2.35. The van der Waals surface area contributed by atoms with E-state index in [9.17, 15) is 15.0 Å². The van der Waals surface area contributed by atoms with Crippen molar-refractivity contribution in [1.29, 1.82) is 0 Å². The lowest BCUT2D eigenvalue weighted by molar-refractivity contribution is -0.138. The number of carboxylic acids is 1. The van der Waals surface area contributed by atoms with Crippen molar-refractivity contribution in [1.82, 2.24) is 4.98 Å². The van der Waals surface area contributed by atoms with E-state index in [1.807, 2.05) is 19.1 Å². The fourth-order valence-corrected chi connectivity index (χ4v) is 6.09. The van der Waals surface area contributed by atoms with E-state index in [2.05, 4.69) is 0 Å². The maximum absolute atomic E-state index is 11.7. The number of hydrogen-bond acceptors (Lipinski definition) is 7. The van der Waals surface area contributed by atoms with Crippen molar-refractivity contribution in [2.75, 3.05) is 14.2 Å². The molecule has 2 aromatic rings. The molecule has 1 heterocycles. The molecule has 0 amide bonds. The van der Waals surface area contributed by atoms with Gasteiger partial charge in [-0.2, -0.15) is 0 Å². The fourth-order valence-electron chi connectivity index (χ4n) is 4.71. The average Bonchev–Trinajstić information content (AvgIpc) is 3.38. The second-order valence-corrected chi connectivity index (χ2v) is 10.6. The van der Waals surface area contributed by atoms with Gasteiger partial charge in [0.25, 0.3) is 0 Å². The first-order chi connectivity index (χ1) is 16.3. The van der Waals surface area contributed by atoms with Gasteiger partial charge in [0.1, 0.15) is 17.6 Å². The Hall–Kier alpha value is -2.16. The number of aliphatic hydroxyl groups excluding tert-OH is 1. The van der Waals surface area contributed by atoms with Gasteiger partial charge in [0, 0.05) is 16.9 Å². The van der Waals surface area contributed by atoms with Crippen LogP contribution >= 0.6 is 11.3 Å². The molecule has 2 aliphatic carbocycles. The molecule has 186 valence electrons. The lowest BCUT2D eigenvalue weighted by atomic mass is 9.99. The van der Waals surface area contributed by atoms with Crippen molar-refractivity contribution >= 4 is 17.3 Å². The van der Waals surface area contributed by atoms with E-state index >= 15 is 0 Å². The molecule has 0 aliphatic heterocycles. The number of rotatable bonds is 11. The van der Waals surface area contributed by atoms with E-state index < -0.39 is 24.1 Å². The number of benzene rings is 1. The molecule has 3 atom stereocenters. The van der Waals surface area contributed by atoms with Crippen molar-refractivity contribution in [2.45, 2.75) is 88.9 Å². The Morgan fingerprint density at radius 2 is 1.76 bits per heavy atom. The van der Waals surface area contributed by atoms with Gasteiger partial charge in [-0.3, -0.25) is 4.79 Å². The van der Waals surface area contributed by atoms with E-state index in [1.165, 1.54) is 0 Å². The van der Waals surface area contributed by atoms with Crippen molar-refractivity contribution in [2.24, 2.45) is 0 Å². The van der Waals surface area contributed by atoms with Gasteiger partial charge in [-0.05, 0) is 63.1 Å². The third-order valence-electron chi connectivity index (χ3n) is 6.97. The first-order valence-electron chi connectivity index (χ1n) is 12.1. The number of thiazole rings is 1. The van der Waals surface area contributed by atoms with Crippen molar-refractivity contribution in [3.05, 3.63) is 38.8 Å². The van der Waals surface area contributed by atoms with Crippen LogP contribution < -0.4 is 9.47 Å². The minimum Gasteiger partial charge on any atom is -0.496 e. The molecule has 1 aromatic carbocycles. The summed E-state index contributed by atoms with van der Waals surface area (Å²) in [5.41, 5.74) is 2.21. The molecule has 7 nitrogen and oxygen atoms in total.